The Bertz CT molecular complexity index is 288. The van der Waals surface area contributed by atoms with Crippen LogP contribution in [-0.2, 0) is 14.4 Å². The van der Waals surface area contributed by atoms with Gasteiger partial charge in [0.1, 0.15) is 12.1 Å². The van der Waals surface area contributed by atoms with Gasteiger partial charge in [-0.15, -0.1) is 0 Å². The van der Waals surface area contributed by atoms with Crippen LogP contribution in [0.1, 0.15) is 12.8 Å². The number of carboxylic acid groups (broad SMARTS) is 2. The fourth-order valence-corrected chi connectivity index (χ4v) is 1.07. The summed E-state index contributed by atoms with van der Waals surface area (Å²) >= 11 is 0. The van der Waals surface area contributed by atoms with Crippen molar-refractivity contribution in [2.75, 3.05) is 0 Å². The molecule has 0 saturated heterocycles. The fourth-order valence-electron chi connectivity index (χ4n) is 1.07. The zero-order valence-electron chi connectivity index (χ0n) is 7.21. The van der Waals surface area contributed by atoms with E-state index < -0.39 is 24.1 Å². The Balaban J connectivity index is 2.39. The standard InChI is InChI=1S/C7H10N2O5/c8-4(6(10)11)1-3-2-5(7(12)13)9-14-3/h3-4H,1-2,8H2,(H,10,11)(H,12,13)/t3-,4+/m0/s1. The molecule has 0 aromatic heterocycles. The van der Waals surface area contributed by atoms with Crippen LogP contribution < -0.4 is 5.73 Å². The number of hydrogen-bond acceptors (Lipinski definition) is 5. The lowest BCUT2D eigenvalue weighted by Crippen LogP contribution is -2.34. The van der Waals surface area contributed by atoms with Gasteiger partial charge >= 0.3 is 11.9 Å². The first-order valence-corrected chi connectivity index (χ1v) is 3.95. The van der Waals surface area contributed by atoms with Crippen LogP contribution in [0.5, 0.6) is 0 Å². The van der Waals surface area contributed by atoms with Gasteiger partial charge in [-0.25, -0.2) is 4.79 Å². The number of nitrogens with zero attached hydrogens (tertiary/aromatic N) is 1. The van der Waals surface area contributed by atoms with Crippen molar-refractivity contribution >= 4 is 17.7 Å². The van der Waals surface area contributed by atoms with E-state index in [1.165, 1.54) is 0 Å². The molecule has 1 heterocycles. The van der Waals surface area contributed by atoms with Gasteiger partial charge in [0, 0.05) is 12.8 Å². The van der Waals surface area contributed by atoms with Crippen molar-refractivity contribution in [2.24, 2.45) is 10.9 Å². The SMILES string of the molecule is N[C@H](C[C@H]1CC(C(=O)O)=NO1)C(=O)O. The minimum atomic E-state index is -1.16. The maximum Gasteiger partial charge on any atom is 0.353 e. The summed E-state index contributed by atoms with van der Waals surface area (Å²) in [6, 6.07) is -1.05. The van der Waals surface area contributed by atoms with Gasteiger partial charge in [-0.3, -0.25) is 4.79 Å². The third-order valence-electron chi connectivity index (χ3n) is 1.81. The van der Waals surface area contributed by atoms with Crippen molar-refractivity contribution in [3.63, 3.8) is 0 Å². The van der Waals surface area contributed by atoms with E-state index in [0.717, 1.165) is 0 Å². The molecular formula is C7H10N2O5. The van der Waals surface area contributed by atoms with Gasteiger partial charge in [-0.05, 0) is 0 Å². The Morgan fingerprint density at radius 2 is 2.29 bits per heavy atom. The highest BCUT2D eigenvalue weighted by atomic mass is 16.6. The number of carbonyl (C=O) groups is 2. The first kappa shape index (κ1) is 10.5. The minimum absolute atomic E-state index is 0.0512. The number of nitrogens with two attached hydrogens (primary N) is 1. The average molecular weight is 202 g/mol. The van der Waals surface area contributed by atoms with E-state index in [-0.39, 0.29) is 18.6 Å². The van der Waals surface area contributed by atoms with E-state index in [1.807, 2.05) is 0 Å². The molecule has 2 atom stereocenters. The minimum Gasteiger partial charge on any atom is -0.480 e. The van der Waals surface area contributed by atoms with E-state index >= 15 is 0 Å². The van der Waals surface area contributed by atoms with Crippen molar-refractivity contribution in [1.82, 2.24) is 0 Å². The molecule has 0 bridgehead atoms. The van der Waals surface area contributed by atoms with Gasteiger partial charge in [-0.1, -0.05) is 5.16 Å². The van der Waals surface area contributed by atoms with Crippen molar-refractivity contribution in [2.45, 2.75) is 25.0 Å². The molecule has 7 heteroatoms. The second-order valence-electron chi connectivity index (χ2n) is 2.96. The first-order chi connectivity index (χ1) is 6.50. The lowest BCUT2D eigenvalue weighted by atomic mass is 10.1. The molecular weight excluding hydrogens is 192 g/mol. The maximum absolute atomic E-state index is 10.4. The Kier molecular flexibility index (Phi) is 3.03. The zero-order chi connectivity index (χ0) is 10.7. The fraction of sp³-hybridized carbons (Fsp3) is 0.571. The maximum atomic E-state index is 10.4. The highest BCUT2D eigenvalue weighted by Crippen LogP contribution is 2.15. The van der Waals surface area contributed by atoms with Crippen molar-refractivity contribution in [1.29, 1.82) is 0 Å². The van der Waals surface area contributed by atoms with Crippen LogP contribution in [0.4, 0.5) is 0 Å². The lowest BCUT2D eigenvalue weighted by molar-refractivity contribution is -0.139. The first-order valence-electron chi connectivity index (χ1n) is 3.95. The molecule has 0 aromatic rings. The summed E-state index contributed by atoms with van der Waals surface area (Å²) in [5, 5.41) is 20.3. The van der Waals surface area contributed by atoms with E-state index in [1.54, 1.807) is 0 Å². The van der Waals surface area contributed by atoms with Crippen LogP contribution in [0.25, 0.3) is 0 Å². The molecule has 0 amide bonds. The molecule has 1 rings (SSSR count). The van der Waals surface area contributed by atoms with Crippen LogP contribution in [0.2, 0.25) is 0 Å². The number of oxime groups is 1. The summed E-state index contributed by atoms with van der Waals surface area (Å²) in [6.45, 7) is 0. The number of hydrogen-bond donors (Lipinski definition) is 3. The van der Waals surface area contributed by atoms with Gasteiger partial charge in [0.2, 0.25) is 0 Å². The van der Waals surface area contributed by atoms with Gasteiger partial charge < -0.3 is 20.8 Å². The molecule has 0 aliphatic carbocycles. The van der Waals surface area contributed by atoms with E-state index in [0.29, 0.717) is 0 Å². The van der Waals surface area contributed by atoms with E-state index in [9.17, 15) is 9.59 Å². The van der Waals surface area contributed by atoms with Gasteiger partial charge in [-0.2, -0.15) is 0 Å². The molecule has 0 radical (unpaired) electrons. The summed E-state index contributed by atoms with van der Waals surface area (Å²) < 4.78 is 0. The number of carboxylic acids is 2. The monoisotopic (exact) mass is 202 g/mol. The second-order valence-corrected chi connectivity index (χ2v) is 2.96. The molecule has 0 saturated carbocycles. The van der Waals surface area contributed by atoms with Gasteiger partial charge in [0.25, 0.3) is 0 Å². The third-order valence-corrected chi connectivity index (χ3v) is 1.81. The highest BCUT2D eigenvalue weighted by molar-refractivity contribution is 6.35. The zero-order valence-corrected chi connectivity index (χ0v) is 7.21. The largest absolute Gasteiger partial charge is 0.480 e. The van der Waals surface area contributed by atoms with Crippen LogP contribution in [0.15, 0.2) is 5.16 Å². The molecule has 78 valence electrons. The van der Waals surface area contributed by atoms with Crippen LogP contribution in [0, 0.1) is 0 Å². The van der Waals surface area contributed by atoms with E-state index in [2.05, 4.69) is 5.16 Å². The van der Waals surface area contributed by atoms with Gasteiger partial charge in [0.05, 0.1) is 0 Å². The molecule has 1 aliphatic heterocycles. The Labute approximate surface area is 79.1 Å². The third kappa shape index (κ3) is 2.43. The Morgan fingerprint density at radius 1 is 1.64 bits per heavy atom. The highest BCUT2D eigenvalue weighted by Gasteiger charge is 2.29. The molecule has 7 nitrogen and oxygen atoms in total. The topological polar surface area (TPSA) is 122 Å². The number of rotatable bonds is 4. The average Bonchev–Trinajstić information content (AvgIpc) is 2.52. The molecule has 0 aromatic carbocycles. The second kappa shape index (κ2) is 4.05. The van der Waals surface area contributed by atoms with Crippen molar-refractivity contribution in [3.8, 4) is 0 Å². The molecule has 14 heavy (non-hydrogen) atoms. The van der Waals surface area contributed by atoms with E-state index in [4.69, 9.17) is 20.8 Å². The molecule has 0 unspecified atom stereocenters. The Morgan fingerprint density at radius 3 is 2.71 bits per heavy atom. The summed E-state index contributed by atoms with van der Waals surface area (Å²) in [5.41, 5.74) is 5.14. The summed E-state index contributed by atoms with van der Waals surface area (Å²) in [5.74, 6) is -2.30. The van der Waals surface area contributed by atoms with Crippen molar-refractivity contribution < 1.29 is 24.6 Å². The summed E-state index contributed by atoms with van der Waals surface area (Å²) in [7, 11) is 0. The predicted molar refractivity (Wildman–Crippen MR) is 44.8 cm³/mol. The summed E-state index contributed by atoms with van der Waals surface area (Å²) in [4.78, 5) is 25.5. The summed E-state index contributed by atoms with van der Waals surface area (Å²) in [6.07, 6.45) is -0.404. The Hall–Kier alpha value is -1.63. The quantitative estimate of drug-likeness (QED) is 0.538. The van der Waals surface area contributed by atoms with Crippen LogP contribution in [-0.4, -0.2) is 40.0 Å². The number of aliphatic carboxylic acids is 2. The normalized spacial score (nSPS) is 22.4. The smallest absolute Gasteiger partial charge is 0.353 e. The predicted octanol–water partition coefficient (Wildman–Crippen LogP) is -0.982. The molecule has 0 fully saturated rings. The van der Waals surface area contributed by atoms with Gasteiger partial charge in [0.15, 0.2) is 5.71 Å². The van der Waals surface area contributed by atoms with Crippen molar-refractivity contribution in [3.05, 3.63) is 0 Å². The van der Waals surface area contributed by atoms with Crippen LogP contribution >= 0.6 is 0 Å². The molecule has 0 spiro atoms. The lowest BCUT2D eigenvalue weighted by Gasteiger charge is -2.10. The van der Waals surface area contributed by atoms with Crippen LogP contribution in [0.3, 0.4) is 0 Å². The molecule has 1 aliphatic rings. The molecule has 4 N–H and O–H groups in total.